The van der Waals surface area contributed by atoms with Gasteiger partial charge >= 0.3 is 0 Å². The van der Waals surface area contributed by atoms with Crippen LogP contribution in [0.3, 0.4) is 0 Å². The molecular weight excluding hydrogens is 584 g/mol. The van der Waals surface area contributed by atoms with E-state index in [0.29, 0.717) is 52.5 Å². The third-order valence-electron chi connectivity index (χ3n) is 8.68. The van der Waals surface area contributed by atoms with Crippen molar-refractivity contribution in [2.24, 2.45) is 5.92 Å². The Labute approximate surface area is 265 Å². The first kappa shape index (κ1) is 29.9. The fourth-order valence-electron chi connectivity index (χ4n) is 6.35. The normalized spacial score (nSPS) is 13.8. The molecule has 0 spiro atoms. The molecular formula is C35H37F2N9. The summed E-state index contributed by atoms with van der Waals surface area (Å²) in [5, 5.41) is 14.5. The van der Waals surface area contributed by atoms with Crippen LogP contribution in [0.5, 0.6) is 0 Å². The molecule has 0 amide bonds. The van der Waals surface area contributed by atoms with Gasteiger partial charge in [0.2, 0.25) is 0 Å². The average molecular weight is 622 g/mol. The Kier molecular flexibility index (Phi) is 8.42. The molecule has 0 atom stereocenters. The standard InChI is InChI=1S/C35H37F2N9/c1-46(2)11-10-40-26-14-23(13-25(36)15-26)27-8-5-9-28-33(27)43-35(42-28)34-30-29(44-45-34)20-41-32(31(30)37)24-12-22(18-39-19-24)17-38-16-21-6-3-4-7-21/h5,8-9,12-15,18-21,38,40H,3-4,6-7,10-11,16-17H2,1-2H3,(H,42,43)(H,44,45). The molecule has 4 N–H and O–H groups in total. The van der Waals surface area contributed by atoms with E-state index in [2.05, 4.69) is 40.7 Å². The van der Waals surface area contributed by atoms with Crippen molar-refractivity contribution in [3.8, 4) is 33.9 Å². The molecule has 0 bridgehead atoms. The van der Waals surface area contributed by atoms with Crippen molar-refractivity contribution < 1.29 is 8.78 Å². The van der Waals surface area contributed by atoms with Crippen LogP contribution in [0.15, 0.2) is 61.1 Å². The number of aromatic nitrogens is 6. The van der Waals surface area contributed by atoms with Crippen LogP contribution in [0.25, 0.3) is 55.8 Å². The first-order chi connectivity index (χ1) is 22.4. The molecule has 6 aromatic rings. The van der Waals surface area contributed by atoms with Gasteiger partial charge in [-0.15, -0.1) is 0 Å². The molecule has 1 aliphatic rings. The number of imidazole rings is 1. The zero-order valence-corrected chi connectivity index (χ0v) is 26.0. The third-order valence-corrected chi connectivity index (χ3v) is 8.68. The van der Waals surface area contributed by atoms with Crippen molar-refractivity contribution in [3.05, 3.63) is 78.3 Å². The fourth-order valence-corrected chi connectivity index (χ4v) is 6.35. The number of para-hydroxylation sites is 1. The summed E-state index contributed by atoms with van der Waals surface area (Å²) in [6.07, 6.45) is 10.2. The number of benzene rings is 2. The van der Waals surface area contributed by atoms with Gasteiger partial charge in [-0.1, -0.05) is 25.0 Å². The van der Waals surface area contributed by atoms with Gasteiger partial charge in [0.15, 0.2) is 11.6 Å². The number of H-pyrrole nitrogens is 2. The lowest BCUT2D eigenvalue weighted by atomic mass is 10.0. The van der Waals surface area contributed by atoms with Crippen molar-refractivity contribution in [3.63, 3.8) is 0 Å². The van der Waals surface area contributed by atoms with Gasteiger partial charge < -0.3 is 20.5 Å². The largest absolute Gasteiger partial charge is 0.384 e. The Hall–Kier alpha value is -4.74. The monoisotopic (exact) mass is 621 g/mol. The molecule has 1 fully saturated rings. The summed E-state index contributed by atoms with van der Waals surface area (Å²) in [5.74, 6) is 0.279. The second kappa shape index (κ2) is 12.9. The zero-order valence-electron chi connectivity index (χ0n) is 26.0. The zero-order chi connectivity index (χ0) is 31.6. The van der Waals surface area contributed by atoms with Crippen LogP contribution < -0.4 is 10.6 Å². The summed E-state index contributed by atoms with van der Waals surface area (Å²) >= 11 is 0. The molecule has 0 aliphatic heterocycles. The van der Waals surface area contributed by atoms with E-state index in [1.807, 2.05) is 44.4 Å². The average Bonchev–Trinajstić information content (AvgIpc) is 3.81. The summed E-state index contributed by atoms with van der Waals surface area (Å²) in [6.45, 7) is 3.14. The molecule has 4 aromatic heterocycles. The van der Waals surface area contributed by atoms with Crippen LogP contribution in [-0.4, -0.2) is 68.8 Å². The van der Waals surface area contributed by atoms with E-state index in [4.69, 9.17) is 4.98 Å². The van der Waals surface area contributed by atoms with Gasteiger partial charge in [-0.3, -0.25) is 15.1 Å². The minimum atomic E-state index is -0.502. The molecule has 0 radical (unpaired) electrons. The highest BCUT2D eigenvalue weighted by molar-refractivity contribution is 5.98. The number of rotatable bonds is 11. The van der Waals surface area contributed by atoms with Gasteiger partial charge in [0, 0.05) is 48.8 Å². The molecule has 1 saturated carbocycles. The van der Waals surface area contributed by atoms with Crippen LogP contribution in [0.2, 0.25) is 0 Å². The van der Waals surface area contributed by atoms with Gasteiger partial charge in [0.1, 0.15) is 17.2 Å². The van der Waals surface area contributed by atoms with Gasteiger partial charge in [-0.25, -0.2) is 13.8 Å². The molecule has 46 heavy (non-hydrogen) atoms. The Balaban J connectivity index is 1.20. The maximum Gasteiger partial charge on any atom is 0.161 e. The second-order valence-corrected chi connectivity index (χ2v) is 12.4. The summed E-state index contributed by atoms with van der Waals surface area (Å²) in [5.41, 5.74) is 6.06. The molecule has 0 unspecified atom stereocenters. The number of fused-ring (bicyclic) bond motifs is 2. The summed E-state index contributed by atoms with van der Waals surface area (Å²) in [4.78, 5) is 19.0. The number of nitrogens with one attached hydrogen (secondary N) is 4. The summed E-state index contributed by atoms with van der Waals surface area (Å²) in [6, 6.07) is 12.5. The molecule has 0 saturated heterocycles. The van der Waals surface area contributed by atoms with Crippen LogP contribution in [0, 0.1) is 17.6 Å². The number of likely N-dealkylation sites (N-methyl/N-ethyl adjacent to an activating group) is 1. The minimum Gasteiger partial charge on any atom is -0.384 e. The Morgan fingerprint density at radius 3 is 2.67 bits per heavy atom. The van der Waals surface area contributed by atoms with Crippen molar-refractivity contribution in [1.82, 2.24) is 40.3 Å². The summed E-state index contributed by atoms with van der Waals surface area (Å²) in [7, 11) is 3.98. The lowest BCUT2D eigenvalue weighted by molar-refractivity contribution is 0.425. The maximum absolute atomic E-state index is 16.3. The number of nitrogens with zero attached hydrogens (tertiary/aromatic N) is 5. The second-order valence-electron chi connectivity index (χ2n) is 12.4. The number of hydrogen-bond acceptors (Lipinski definition) is 7. The van der Waals surface area contributed by atoms with Crippen molar-refractivity contribution in [2.75, 3.05) is 39.0 Å². The highest BCUT2D eigenvalue weighted by Gasteiger charge is 2.22. The van der Waals surface area contributed by atoms with E-state index in [0.717, 1.165) is 35.7 Å². The van der Waals surface area contributed by atoms with Gasteiger partial charge in [0.05, 0.1) is 28.1 Å². The molecule has 4 heterocycles. The molecule has 11 heteroatoms. The third kappa shape index (κ3) is 6.20. The number of hydrogen-bond donors (Lipinski definition) is 4. The molecule has 2 aromatic carbocycles. The number of pyridine rings is 2. The van der Waals surface area contributed by atoms with E-state index in [9.17, 15) is 4.39 Å². The van der Waals surface area contributed by atoms with Crippen LogP contribution >= 0.6 is 0 Å². The SMILES string of the molecule is CN(C)CCNc1cc(F)cc(-c2cccc3[nH]c(-c4n[nH]c5cnc(-c6cncc(CNCC7CCCC7)c6)c(F)c45)nc23)c1. The van der Waals surface area contributed by atoms with Crippen molar-refractivity contribution >= 4 is 27.6 Å². The topological polar surface area (TPSA) is 110 Å². The van der Waals surface area contributed by atoms with E-state index < -0.39 is 5.82 Å². The molecule has 1 aliphatic carbocycles. The van der Waals surface area contributed by atoms with Gasteiger partial charge in [-0.2, -0.15) is 5.10 Å². The van der Waals surface area contributed by atoms with Crippen molar-refractivity contribution in [1.29, 1.82) is 0 Å². The minimum absolute atomic E-state index is 0.200. The Morgan fingerprint density at radius 1 is 0.957 bits per heavy atom. The first-order valence-electron chi connectivity index (χ1n) is 15.8. The number of aromatic amines is 2. The molecule has 7 rings (SSSR count). The Bertz CT molecular complexity index is 1990. The lowest BCUT2D eigenvalue weighted by Crippen LogP contribution is -2.20. The quantitative estimate of drug-likeness (QED) is 0.127. The smallest absolute Gasteiger partial charge is 0.161 e. The first-order valence-corrected chi connectivity index (χ1v) is 15.8. The van der Waals surface area contributed by atoms with Crippen LogP contribution in [-0.2, 0) is 6.54 Å². The van der Waals surface area contributed by atoms with E-state index in [1.165, 1.54) is 37.8 Å². The van der Waals surface area contributed by atoms with E-state index in [-0.39, 0.29) is 16.9 Å². The van der Waals surface area contributed by atoms with Crippen LogP contribution in [0.4, 0.5) is 14.5 Å². The fraction of sp³-hybridized carbons (Fsp3) is 0.314. The predicted octanol–water partition coefficient (Wildman–Crippen LogP) is 6.76. The highest BCUT2D eigenvalue weighted by atomic mass is 19.1. The Morgan fingerprint density at radius 2 is 1.83 bits per heavy atom. The van der Waals surface area contributed by atoms with Gasteiger partial charge in [0.25, 0.3) is 0 Å². The van der Waals surface area contributed by atoms with Crippen LogP contribution in [0.1, 0.15) is 31.2 Å². The number of anilines is 1. The lowest BCUT2D eigenvalue weighted by Gasteiger charge is -2.13. The van der Waals surface area contributed by atoms with Gasteiger partial charge in [-0.05, 0) is 80.9 Å². The molecule has 236 valence electrons. The molecule has 9 nitrogen and oxygen atoms in total. The highest BCUT2D eigenvalue weighted by Crippen LogP contribution is 2.35. The van der Waals surface area contributed by atoms with E-state index >= 15 is 4.39 Å². The predicted molar refractivity (Wildman–Crippen MR) is 178 cm³/mol. The number of halogens is 2. The van der Waals surface area contributed by atoms with E-state index in [1.54, 1.807) is 18.6 Å². The van der Waals surface area contributed by atoms with Crippen molar-refractivity contribution in [2.45, 2.75) is 32.2 Å². The summed E-state index contributed by atoms with van der Waals surface area (Å²) < 4.78 is 31.0. The maximum atomic E-state index is 16.3.